The van der Waals surface area contributed by atoms with Gasteiger partial charge in [0.05, 0.1) is 10.6 Å². The molecule has 2 rings (SSSR count). The maximum atomic E-state index is 5.82. The van der Waals surface area contributed by atoms with E-state index in [1.165, 1.54) is 4.88 Å². The Balaban J connectivity index is 2.62. The first-order valence-corrected chi connectivity index (χ1v) is 5.57. The van der Waals surface area contributed by atoms with Gasteiger partial charge in [-0.05, 0) is 32.9 Å². The standard InChI is InChI=1S/C11H13N3S/c1-6-4-5-9(15-6)10-7(2)11(12)14-8(3)13-10/h4-5H,1-3H3,(H2,12,13,14). The molecule has 2 aromatic heterocycles. The lowest BCUT2D eigenvalue weighted by atomic mass is 10.2. The van der Waals surface area contributed by atoms with Crippen LogP contribution in [0.1, 0.15) is 16.3 Å². The van der Waals surface area contributed by atoms with E-state index in [2.05, 4.69) is 29.0 Å². The summed E-state index contributed by atoms with van der Waals surface area (Å²) in [5.74, 6) is 1.29. The Hall–Kier alpha value is -1.42. The summed E-state index contributed by atoms with van der Waals surface area (Å²) in [7, 11) is 0. The molecule has 0 aliphatic heterocycles. The largest absolute Gasteiger partial charge is 0.383 e. The molecule has 4 heteroatoms. The molecule has 2 N–H and O–H groups in total. The van der Waals surface area contributed by atoms with Crippen molar-refractivity contribution in [1.82, 2.24) is 9.97 Å². The summed E-state index contributed by atoms with van der Waals surface area (Å²) >= 11 is 1.73. The topological polar surface area (TPSA) is 51.8 Å². The second kappa shape index (κ2) is 3.62. The lowest BCUT2D eigenvalue weighted by Gasteiger charge is -2.06. The summed E-state index contributed by atoms with van der Waals surface area (Å²) in [5.41, 5.74) is 7.74. The van der Waals surface area contributed by atoms with Gasteiger partial charge in [-0.2, -0.15) is 0 Å². The Labute approximate surface area is 93.0 Å². The highest BCUT2D eigenvalue weighted by atomic mass is 32.1. The molecule has 0 saturated carbocycles. The van der Waals surface area contributed by atoms with Gasteiger partial charge in [-0.25, -0.2) is 9.97 Å². The van der Waals surface area contributed by atoms with Gasteiger partial charge in [0.1, 0.15) is 11.6 Å². The lowest BCUT2D eigenvalue weighted by Crippen LogP contribution is -2.01. The average molecular weight is 219 g/mol. The fourth-order valence-corrected chi connectivity index (χ4v) is 2.37. The minimum absolute atomic E-state index is 0.573. The van der Waals surface area contributed by atoms with Crippen LogP contribution in [0, 0.1) is 20.8 Å². The highest BCUT2D eigenvalue weighted by molar-refractivity contribution is 7.15. The molecule has 0 bridgehead atoms. The van der Waals surface area contributed by atoms with Crippen molar-refractivity contribution >= 4 is 17.2 Å². The molecule has 2 heterocycles. The average Bonchev–Trinajstić information content (AvgIpc) is 2.58. The van der Waals surface area contributed by atoms with E-state index >= 15 is 0 Å². The third-order valence-corrected chi connectivity index (χ3v) is 3.28. The quantitative estimate of drug-likeness (QED) is 0.802. The van der Waals surface area contributed by atoms with E-state index in [1.54, 1.807) is 11.3 Å². The fourth-order valence-electron chi connectivity index (χ4n) is 1.45. The number of hydrogen-bond donors (Lipinski definition) is 1. The normalized spacial score (nSPS) is 10.6. The summed E-state index contributed by atoms with van der Waals surface area (Å²) in [6.45, 7) is 5.90. The molecule has 0 fully saturated rings. The molecular formula is C11H13N3S. The first-order valence-electron chi connectivity index (χ1n) is 4.75. The smallest absolute Gasteiger partial charge is 0.130 e. The lowest BCUT2D eigenvalue weighted by molar-refractivity contribution is 1.05. The first kappa shape index (κ1) is 10.1. The minimum atomic E-state index is 0.573. The molecule has 15 heavy (non-hydrogen) atoms. The number of thiophene rings is 1. The fraction of sp³-hybridized carbons (Fsp3) is 0.273. The summed E-state index contributed by atoms with van der Waals surface area (Å²) < 4.78 is 0. The molecule has 0 aromatic carbocycles. The maximum Gasteiger partial charge on any atom is 0.130 e. The van der Waals surface area contributed by atoms with Gasteiger partial charge in [0.15, 0.2) is 0 Å². The van der Waals surface area contributed by atoms with Crippen molar-refractivity contribution in [2.24, 2.45) is 0 Å². The van der Waals surface area contributed by atoms with Crippen molar-refractivity contribution in [2.75, 3.05) is 5.73 Å². The molecule has 78 valence electrons. The Bertz CT molecular complexity index is 503. The first-order chi connectivity index (χ1) is 7.08. The maximum absolute atomic E-state index is 5.82. The van der Waals surface area contributed by atoms with Crippen LogP contribution in [0.3, 0.4) is 0 Å². The molecule has 2 aromatic rings. The Morgan fingerprint density at radius 1 is 1.13 bits per heavy atom. The van der Waals surface area contributed by atoms with Crippen LogP contribution in [-0.2, 0) is 0 Å². The molecule has 0 amide bonds. The molecule has 0 aliphatic carbocycles. The number of rotatable bonds is 1. The monoisotopic (exact) mass is 219 g/mol. The van der Waals surface area contributed by atoms with Gasteiger partial charge in [0, 0.05) is 10.4 Å². The van der Waals surface area contributed by atoms with Crippen LogP contribution in [0.2, 0.25) is 0 Å². The summed E-state index contributed by atoms with van der Waals surface area (Å²) in [6.07, 6.45) is 0. The predicted molar refractivity (Wildman–Crippen MR) is 64.0 cm³/mol. The van der Waals surface area contributed by atoms with Crippen LogP contribution in [0.4, 0.5) is 5.82 Å². The third-order valence-electron chi connectivity index (χ3n) is 2.27. The number of nitrogen functional groups attached to an aromatic ring is 1. The third kappa shape index (κ3) is 1.85. The zero-order chi connectivity index (χ0) is 11.0. The second-order valence-corrected chi connectivity index (χ2v) is 4.83. The summed E-state index contributed by atoms with van der Waals surface area (Å²) in [5, 5.41) is 0. The van der Waals surface area contributed by atoms with Gasteiger partial charge >= 0.3 is 0 Å². The molecule has 0 aliphatic rings. The summed E-state index contributed by atoms with van der Waals surface area (Å²) in [6, 6.07) is 4.17. The molecule has 0 atom stereocenters. The molecule has 0 radical (unpaired) electrons. The van der Waals surface area contributed by atoms with Gasteiger partial charge in [0.25, 0.3) is 0 Å². The van der Waals surface area contributed by atoms with Crippen LogP contribution in [0.5, 0.6) is 0 Å². The summed E-state index contributed by atoms with van der Waals surface area (Å²) in [4.78, 5) is 11.0. The highest BCUT2D eigenvalue weighted by Gasteiger charge is 2.10. The van der Waals surface area contributed by atoms with E-state index < -0.39 is 0 Å². The molecule has 0 saturated heterocycles. The Morgan fingerprint density at radius 3 is 2.47 bits per heavy atom. The Kier molecular flexibility index (Phi) is 2.44. The highest BCUT2D eigenvalue weighted by Crippen LogP contribution is 2.30. The van der Waals surface area contributed by atoms with Gasteiger partial charge in [-0.1, -0.05) is 0 Å². The van der Waals surface area contributed by atoms with Crippen LogP contribution in [0.15, 0.2) is 12.1 Å². The van der Waals surface area contributed by atoms with E-state index in [4.69, 9.17) is 5.73 Å². The van der Waals surface area contributed by atoms with Gasteiger partial charge in [-0.3, -0.25) is 0 Å². The van der Waals surface area contributed by atoms with Crippen molar-refractivity contribution in [3.8, 4) is 10.6 Å². The van der Waals surface area contributed by atoms with Gasteiger partial charge in [-0.15, -0.1) is 11.3 Å². The van der Waals surface area contributed by atoms with E-state index in [0.29, 0.717) is 5.82 Å². The Morgan fingerprint density at radius 2 is 1.87 bits per heavy atom. The molecule has 0 unspecified atom stereocenters. The van der Waals surface area contributed by atoms with Gasteiger partial charge < -0.3 is 5.73 Å². The zero-order valence-electron chi connectivity index (χ0n) is 9.03. The van der Waals surface area contributed by atoms with Crippen LogP contribution >= 0.6 is 11.3 Å². The number of anilines is 1. The number of aromatic nitrogens is 2. The zero-order valence-corrected chi connectivity index (χ0v) is 9.85. The van der Waals surface area contributed by atoms with E-state index in [-0.39, 0.29) is 0 Å². The minimum Gasteiger partial charge on any atom is -0.383 e. The molecular weight excluding hydrogens is 206 g/mol. The SMILES string of the molecule is Cc1nc(N)c(C)c(-c2ccc(C)s2)n1. The van der Waals surface area contributed by atoms with Crippen molar-refractivity contribution in [1.29, 1.82) is 0 Å². The van der Waals surface area contributed by atoms with Crippen LogP contribution in [-0.4, -0.2) is 9.97 Å². The number of nitrogens with zero attached hydrogens (tertiary/aromatic N) is 2. The van der Waals surface area contributed by atoms with Gasteiger partial charge in [0.2, 0.25) is 0 Å². The van der Waals surface area contributed by atoms with Crippen molar-refractivity contribution in [2.45, 2.75) is 20.8 Å². The second-order valence-electron chi connectivity index (χ2n) is 3.54. The number of nitrogens with two attached hydrogens (primary N) is 1. The van der Waals surface area contributed by atoms with Crippen molar-refractivity contribution < 1.29 is 0 Å². The van der Waals surface area contributed by atoms with E-state index in [9.17, 15) is 0 Å². The van der Waals surface area contributed by atoms with Crippen LogP contribution < -0.4 is 5.73 Å². The number of hydrogen-bond acceptors (Lipinski definition) is 4. The van der Waals surface area contributed by atoms with Crippen molar-refractivity contribution in [3.05, 3.63) is 28.4 Å². The predicted octanol–water partition coefficient (Wildman–Crippen LogP) is 2.71. The van der Waals surface area contributed by atoms with E-state index in [1.807, 2.05) is 13.8 Å². The number of aryl methyl sites for hydroxylation is 2. The van der Waals surface area contributed by atoms with Crippen LogP contribution in [0.25, 0.3) is 10.6 Å². The van der Waals surface area contributed by atoms with E-state index in [0.717, 1.165) is 22.0 Å². The molecule has 0 spiro atoms. The van der Waals surface area contributed by atoms with Crippen molar-refractivity contribution in [3.63, 3.8) is 0 Å². The molecule has 3 nitrogen and oxygen atoms in total.